The van der Waals surface area contributed by atoms with Crippen LogP contribution < -0.4 is 0 Å². The van der Waals surface area contributed by atoms with Crippen LogP contribution in [0.25, 0.3) is 0 Å². The lowest BCUT2D eigenvalue weighted by molar-refractivity contribution is -0.142. The van der Waals surface area contributed by atoms with Gasteiger partial charge in [-0.1, -0.05) is 6.92 Å². The highest BCUT2D eigenvalue weighted by atomic mass is 16.5. The van der Waals surface area contributed by atoms with Crippen LogP contribution >= 0.6 is 0 Å². The molecule has 17 heavy (non-hydrogen) atoms. The van der Waals surface area contributed by atoms with Gasteiger partial charge in [0.1, 0.15) is 0 Å². The number of aliphatic carboxylic acids is 1. The van der Waals surface area contributed by atoms with Crippen LogP contribution in [0.1, 0.15) is 32.6 Å². The normalized spacial score (nSPS) is 21.2. The molecule has 0 aromatic rings. The van der Waals surface area contributed by atoms with E-state index in [0.29, 0.717) is 6.42 Å². The van der Waals surface area contributed by atoms with Gasteiger partial charge in [-0.3, -0.25) is 9.59 Å². The molecule has 1 aliphatic heterocycles. The summed E-state index contributed by atoms with van der Waals surface area (Å²) in [6.45, 7) is 2.66. The summed E-state index contributed by atoms with van der Waals surface area (Å²) in [4.78, 5) is 23.9. The average Bonchev–Trinajstić information content (AvgIpc) is 2.78. The van der Waals surface area contributed by atoms with Gasteiger partial charge in [0.05, 0.1) is 12.0 Å². The Morgan fingerprint density at radius 3 is 2.76 bits per heavy atom. The first-order valence-electron chi connectivity index (χ1n) is 6.09. The average molecular weight is 243 g/mol. The Labute approximate surface area is 102 Å². The van der Waals surface area contributed by atoms with E-state index in [1.807, 2.05) is 0 Å². The van der Waals surface area contributed by atoms with Crippen LogP contribution in [0.15, 0.2) is 0 Å². The molecular formula is C12H21NO4. The molecule has 1 saturated heterocycles. The van der Waals surface area contributed by atoms with Crippen LogP contribution in [0.3, 0.4) is 0 Å². The zero-order chi connectivity index (χ0) is 12.8. The fraction of sp³-hybridized carbons (Fsp3) is 0.833. The maximum atomic E-state index is 11.7. The van der Waals surface area contributed by atoms with Crippen LogP contribution in [0.5, 0.6) is 0 Å². The maximum absolute atomic E-state index is 11.7. The molecule has 0 saturated carbocycles. The number of carboxylic acid groups (broad SMARTS) is 1. The second kappa shape index (κ2) is 6.59. The summed E-state index contributed by atoms with van der Waals surface area (Å²) in [6.07, 6.45) is 3.50. The summed E-state index contributed by atoms with van der Waals surface area (Å²) in [7, 11) is 1.65. The van der Waals surface area contributed by atoms with Crippen molar-refractivity contribution in [2.45, 2.75) is 38.7 Å². The van der Waals surface area contributed by atoms with Crippen LogP contribution in [0, 0.1) is 5.92 Å². The molecule has 98 valence electrons. The fourth-order valence-electron chi connectivity index (χ4n) is 1.94. The molecule has 0 aromatic heterocycles. The van der Waals surface area contributed by atoms with E-state index in [9.17, 15) is 9.59 Å². The quantitative estimate of drug-likeness (QED) is 0.759. The monoisotopic (exact) mass is 243 g/mol. The molecule has 0 radical (unpaired) electrons. The van der Waals surface area contributed by atoms with E-state index < -0.39 is 11.9 Å². The molecule has 1 N–H and O–H groups in total. The van der Waals surface area contributed by atoms with Gasteiger partial charge in [-0.2, -0.15) is 0 Å². The van der Waals surface area contributed by atoms with Gasteiger partial charge in [-0.25, -0.2) is 0 Å². The predicted octanol–water partition coefficient (Wildman–Crippen LogP) is 1.12. The van der Waals surface area contributed by atoms with E-state index in [1.165, 1.54) is 4.90 Å². The van der Waals surface area contributed by atoms with E-state index in [0.717, 1.165) is 25.9 Å². The van der Waals surface area contributed by atoms with Gasteiger partial charge < -0.3 is 14.7 Å². The Morgan fingerprint density at radius 2 is 2.24 bits per heavy atom. The third kappa shape index (κ3) is 4.73. The predicted molar refractivity (Wildman–Crippen MR) is 62.6 cm³/mol. The van der Waals surface area contributed by atoms with Crippen LogP contribution in [-0.4, -0.2) is 48.2 Å². The van der Waals surface area contributed by atoms with Crippen LogP contribution in [-0.2, 0) is 14.3 Å². The van der Waals surface area contributed by atoms with E-state index >= 15 is 0 Å². The lowest BCUT2D eigenvalue weighted by Crippen LogP contribution is -2.34. The number of rotatable bonds is 6. The summed E-state index contributed by atoms with van der Waals surface area (Å²) < 4.78 is 5.44. The summed E-state index contributed by atoms with van der Waals surface area (Å²) in [5.74, 6) is -1.40. The molecule has 1 amide bonds. The second-order valence-corrected chi connectivity index (χ2v) is 4.69. The number of amides is 1. The van der Waals surface area contributed by atoms with Crippen molar-refractivity contribution < 1.29 is 19.4 Å². The molecule has 5 nitrogen and oxygen atoms in total. The third-order valence-electron chi connectivity index (χ3n) is 3.10. The molecule has 2 unspecified atom stereocenters. The lowest BCUT2D eigenvalue weighted by Gasteiger charge is -2.20. The highest BCUT2D eigenvalue weighted by Gasteiger charge is 2.20. The molecule has 2 atom stereocenters. The Hall–Kier alpha value is -1.10. The smallest absolute Gasteiger partial charge is 0.308 e. The summed E-state index contributed by atoms with van der Waals surface area (Å²) in [6, 6.07) is 0. The number of carbonyl (C=O) groups is 2. The maximum Gasteiger partial charge on any atom is 0.308 e. The van der Waals surface area contributed by atoms with Crippen LogP contribution in [0.2, 0.25) is 0 Å². The number of hydrogen-bond acceptors (Lipinski definition) is 3. The van der Waals surface area contributed by atoms with Crippen LogP contribution in [0.4, 0.5) is 0 Å². The van der Waals surface area contributed by atoms with Crippen molar-refractivity contribution in [2.75, 3.05) is 20.2 Å². The third-order valence-corrected chi connectivity index (χ3v) is 3.10. The first kappa shape index (κ1) is 14.0. The number of carboxylic acids is 1. The molecule has 0 spiro atoms. The van der Waals surface area contributed by atoms with Gasteiger partial charge in [0.15, 0.2) is 0 Å². The lowest BCUT2D eigenvalue weighted by atomic mass is 10.1. The second-order valence-electron chi connectivity index (χ2n) is 4.69. The zero-order valence-corrected chi connectivity index (χ0v) is 10.5. The molecule has 0 bridgehead atoms. The molecule has 1 rings (SSSR count). The molecule has 0 aliphatic carbocycles. The van der Waals surface area contributed by atoms with Gasteiger partial charge in [0, 0.05) is 26.6 Å². The first-order valence-corrected chi connectivity index (χ1v) is 6.09. The van der Waals surface area contributed by atoms with Gasteiger partial charge in [-0.15, -0.1) is 0 Å². The largest absolute Gasteiger partial charge is 0.481 e. The molecule has 1 aliphatic rings. The van der Waals surface area contributed by atoms with E-state index in [4.69, 9.17) is 9.84 Å². The SMILES string of the molecule is CC(CN(C)C(=O)CCC1CCCO1)C(=O)O. The first-order chi connectivity index (χ1) is 8.00. The number of hydrogen-bond donors (Lipinski definition) is 1. The van der Waals surface area contributed by atoms with Crippen molar-refractivity contribution in [1.82, 2.24) is 4.90 Å². The Morgan fingerprint density at radius 1 is 1.53 bits per heavy atom. The minimum Gasteiger partial charge on any atom is -0.481 e. The molecule has 0 aromatic carbocycles. The number of nitrogens with zero attached hydrogens (tertiary/aromatic N) is 1. The van der Waals surface area contributed by atoms with E-state index in [2.05, 4.69) is 0 Å². The van der Waals surface area contributed by atoms with Crippen molar-refractivity contribution in [3.8, 4) is 0 Å². The molecule has 1 heterocycles. The van der Waals surface area contributed by atoms with E-state index in [1.54, 1.807) is 14.0 Å². The Bertz CT molecular complexity index is 274. The topological polar surface area (TPSA) is 66.8 Å². The van der Waals surface area contributed by atoms with Crippen molar-refractivity contribution in [1.29, 1.82) is 0 Å². The van der Waals surface area contributed by atoms with Crippen molar-refractivity contribution in [3.05, 3.63) is 0 Å². The highest BCUT2D eigenvalue weighted by Crippen LogP contribution is 2.17. The summed E-state index contributed by atoms with van der Waals surface area (Å²) >= 11 is 0. The molecule has 5 heteroatoms. The molecular weight excluding hydrogens is 222 g/mol. The minimum absolute atomic E-state index is 0.00593. The number of ether oxygens (including phenoxy) is 1. The van der Waals surface area contributed by atoms with E-state index in [-0.39, 0.29) is 18.6 Å². The fourth-order valence-corrected chi connectivity index (χ4v) is 1.94. The van der Waals surface area contributed by atoms with Crippen molar-refractivity contribution in [2.24, 2.45) is 5.92 Å². The van der Waals surface area contributed by atoms with Gasteiger partial charge in [-0.05, 0) is 19.3 Å². The minimum atomic E-state index is -0.872. The zero-order valence-electron chi connectivity index (χ0n) is 10.5. The van der Waals surface area contributed by atoms with Crippen molar-refractivity contribution in [3.63, 3.8) is 0 Å². The highest BCUT2D eigenvalue weighted by molar-refractivity contribution is 5.77. The molecule has 1 fully saturated rings. The summed E-state index contributed by atoms with van der Waals surface area (Å²) in [5.41, 5.74) is 0. The van der Waals surface area contributed by atoms with Crippen molar-refractivity contribution >= 4 is 11.9 Å². The standard InChI is InChI=1S/C12H21NO4/c1-9(12(15)16)8-13(2)11(14)6-5-10-4-3-7-17-10/h9-10H,3-8H2,1-2H3,(H,15,16). The van der Waals surface area contributed by atoms with Gasteiger partial charge >= 0.3 is 5.97 Å². The Balaban J connectivity index is 2.23. The Kier molecular flexibility index (Phi) is 5.41. The van der Waals surface area contributed by atoms with Gasteiger partial charge in [0.2, 0.25) is 5.91 Å². The summed E-state index contributed by atoms with van der Waals surface area (Å²) in [5, 5.41) is 8.76. The number of carbonyl (C=O) groups excluding carboxylic acids is 1. The van der Waals surface area contributed by atoms with Gasteiger partial charge in [0.25, 0.3) is 0 Å².